The zero-order valence-corrected chi connectivity index (χ0v) is 17.4. The number of nitriles is 1. The van der Waals surface area contributed by atoms with Crippen molar-refractivity contribution in [1.29, 1.82) is 5.26 Å². The molecule has 0 unspecified atom stereocenters. The molecule has 4 aromatic rings. The molecule has 0 saturated heterocycles. The number of carbonyl (C=O) groups is 1. The number of nitro groups is 1. The summed E-state index contributed by atoms with van der Waals surface area (Å²) in [6.07, 6.45) is 0. The van der Waals surface area contributed by atoms with Gasteiger partial charge in [-0.2, -0.15) is 5.26 Å². The lowest BCUT2D eigenvalue weighted by atomic mass is 9.95. The number of non-ortho nitro benzene ring substituents is 1. The smallest absolute Gasteiger partial charge is 0.270 e. The topological polar surface area (TPSA) is 141 Å². The van der Waals surface area contributed by atoms with Gasteiger partial charge in [-0.15, -0.1) is 10.2 Å². The van der Waals surface area contributed by atoms with E-state index in [1.54, 1.807) is 12.1 Å². The minimum atomic E-state index is -0.452. The maximum atomic E-state index is 11.6. The van der Waals surface area contributed by atoms with Gasteiger partial charge in [0.15, 0.2) is 11.0 Å². The summed E-state index contributed by atoms with van der Waals surface area (Å²) in [5, 5.41) is 30.2. The van der Waals surface area contributed by atoms with Crippen LogP contribution in [0.2, 0.25) is 0 Å². The molecule has 2 aromatic heterocycles. The van der Waals surface area contributed by atoms with E-state index >= 15 is 0 Å². The molecule has 9 nitrogen and oxygen atoms in total. The van der Waals surface area contributed by atoms with Gasteiger partial charge in [0, 0.05) is 28.6 Å². The Balaban J connectivity index is 1.81. The van der Waals surface area contributed by atoms with E-state index < -0.39 is 4.92 Å². The maximum Gasteiger partial charge on any atom is 0.270 e. The van der Waals surface area contributed by atoms with E-state index in [1.165, 1.54) is 30.8 Å². The van der Waals surface area contributed by atoms with Crippen molar-refractivity contribution >= 4 is 34.1 Å². The van der Waals surface area contributed by atoms with E-state index in [9.17, 15) is 14.9 Å². The highest BCUT2D eigenvalue weighted by Crippen LogP contribution is 2.35. The van der Waals surface area contributed by atoms with Crippen LogP contribution in [0.1, 0.15) is 18.2 Å². The van der Waals surface area contributed by atoms with Crippen molar-refractivity contribution in [3.05, 3.63) is 57.8 Å². The van der Waals surface area contributed by atoms with Crippen LogP contribution in [0, 0.1) is 28.4 Å². The summed E-state index contributed by atoms with van der Waals surface area (Å²) < 4.78 is 0. The fourth-order valence-corrected chi connectivity index (χ4v) is 3.95. The van der Waals surface area contributed by atoms with Crippen LogP contribution in [-0.4, -0.2) is 36.6 Å². The number of aromatic nitrogens is 4. The number of Topliss-reactive ketones (excluding diaryl/α,β-unsaturated/α-hetero) is 1. The molecule has 0 radical (unpaired) electrons. The average Bonchev–Trinajstić information content (AvgIpc) is 3.39. The van der Waals surface area contributed by atoms with Crippen molar-refractivity contribution in [3.63, 3.8) is 0 Å². The summed E-state index contributed by atoms with van der Waals surface area (Å²) in [4.78, 5) is 28.3. The number of benzene rings is 2. The van der Waals surface area contributed by atoms with Crippen LogP contribution in [0.4, 0.5) is 5.69 Å². The Morgan fingerprint density at radius 3 is 2.68 bits per heavy atom. The molecule has 0 saturated carbocycles. The number of nitrogens with zero attached hydrogens (tertiary/aromatic N) is 4. The molecule has 31 heavy (non-hydrogen) atoms. The molecule has 2 heterocycles. The molecule has 10 heteroatoms. The van der Waals surface area contributed by atoms with Gasteiger partial charge in [-0.25, -0.2) is 0 Å². The molecular weight excluding hydrogens is 416 g/mol. The molecule has 0 aliphatic heterocycles. The Kier molecular flexibility index (Phi) is 5.27. The first-order valence-electron chi connectivity index (χ1n) is 9.23. The van der Waals surface area contributed by atoms with E-state index in [-0.39, 0.29) is 17.2 Å². The normalized spacial score (nSPS) is 10.9. The molecule has 0 bridgehead atoms. The van der Waals surface area contributed by atoms with Gasteiger partial charge >= 0.3 is 0 Å². The van der Waals surface area contributed by atoms with Crippen LogP contribution in [0.25, 0.3) is 33.4 Å². The Hall–Kier alpha value is -3.97. The third-order valence-electron chi connectivity index (χ3n) is 4.78. The molecule has 4 rings (SSSR count). The summed E-state index contributed by atoms with van der Waals surface area (Å²) >= 11 is 1.22. The predicted molar refractivity (Wildman–Crippen MR) is 117 cm³/mol. The highest BCUT2D eigenvalue weighted by molar-refractivity contribution is 7.99. The highest BCUT2D eigenvalue weighted by atomic mass is 32.2. The number of rotatable bonds is 6. The quantitative estimate of drug-likeness (QED) is 0.261. The van der Waals surface area contributed by atoms with Crippen molar-refractivity contribution in [2.45, 2.75) is 19.0 Å². The molecular formula is C21H16N6O3S. The minimum Gasteiger partial charge on any atom is -0.346 e. The molecule has 0 fully saturated rings. The van der Waals surface area contributed by atoms with E-state index in [0.717, 1.165) is 22.0 Å². The number of nitrogens with one attached hydrogen (secondary N) is 2. The van der Waals surface area contributed by atoms with Gasteiger partial charge in [-0.05, 0) is 48.7 Å². The zero-order chi connectivity index (χ0) is 22.1. The fourth-order valence-electron chi connectivity index (χ4n) is 3.34. The molecule has 0 aliphatic rings. The molecule has 0 spiro atoms. The van der Waals surface area contributed by atoms with E-state index in [0.29, 0.717) is 27.8 Å². The van der Waals surface area contributed by atoms with E-state index in [2.05, 4.69) is 26.2 Å². The second-order valence-corrected chi connectivity index (χ2v) is 7.95. The zero-order valence-electron chi connectivity index (χ0n) is 16.6. The van der Waals surface area contributed by atoms with Crippen molar-refractivity contribution in [1.82, 2.24) is 20.2 Å². The number of nitro benzene ring substituents is 1. The van der Waals surface area contributed by atoms with Crippen LogP contribution in [0.5, 0.6) is 0 Å². The monoisotopic (exact) mass is 432 g/mol. The third kappa shape index (κ3) is 4.04. The predicted octanol–water partition coefficient (Wildman–Crippen LogP) is 4.39. The Bertz CT molecular complexity index is 1380. The Morgan fingerprint density at radius 1 is 1.19 bits per heavy atom. The van der Waals surface area contributed by atoms with E-state index in [1.807, 2.05) is 19.1 Å². The summed E-state index contributed by atoms with van der Waals surface area (Å²) in [5.41, 5.74) is 4.07. The largest absolute Gasteiger partial charge is 0.346 e. The van der Waals surface area contributed by atoms with Crippen LogP contribution in [0.3, 0.4) is 0 Å². The average molecular weight is 432 g/mol. The van der Waals surface area contributed by atoms with Crippen molar-refractivity contribution in [2.24, 2.45) is 0 Å². The number of aromatic amines is 2. The van der Waals surface area contributed by atoms with Gasteiger partial charge in [0.1, 0.15) is 17.5 Å². The minimum absolute atomic E-state index is 0.00997. The lowest BCUT2D eigenvalue weighted by Crippen LogP contribution is -1.94. The van der Waals surface area contributed by atoms with Crippen LogP contribution < -0.4 is 0 Å². The lowest BCUT2D eigenvalue weighted by Gasteiger charge is -2.09. The van der Waals surface area contributed by atoms with Crippen molar-refractivity contribution in [3.8, 4) is 28.6 Å². The number of H-pyrrole nitrogens is 2. The molecule has 2 aromatic carbocycles. The van der Waals surface area contributed by atoms with Gasteiger partial charge in [-0.1, -0.05) is 17.8 Å². The third-order valence-corrected chi connectivity index (χ3v) is 5.79. The molecule has 0 amide bonds. The Morgan fingerprint density at radius 2 is 1.97 bits per heavy atom. The first kappa shape index (κ1) is 20.3. The van der Waals surface area contributed by atoms with Crippen LogP contribution in [-0.2, 0) is 4.79 Å². The highest BCUT2D eigenvalue weighted by Gasteiger charge is 2.17. The van der Waals surface area contributed by atoms with Crippen molar-refractivity contribution in [2.75, 3.05) is 5.75 Å². The SMILES string of the molecule is CC(=O)CSc1nnc(-c2cc(-c3ccc4[nH]c(C#N)cc4c3C)cc([N+](=O)[O-])c2)[nH]1. The van der Waals surface area contributed by atoms with Crippen LogP contribution in [0.15, 0.2) is 41.6 Å². The van der Waals surface area contributed by atoms with Gasteiger partial charge in [-0.3, -0.25) is 14.9 Å². The number of fused-ring (bicyclic) bond motifs is 1. The number of ketones is 1. The molecule has 154 valence electrons. The number of aryl methyl sites for hydroxylation is 1. The van der Waals surface area contributed by atoms with E-state index in [4.69, 9.17) is 5.26 Å². The summed E-state index contributed by atoms with van der Waals surface area (Å²) in [7, 11) is 0. The number of thioether (sulfide) groups is 1. The number of hydrogen-bond donors (Lipinski definition) is 2. The van der Waals surface area contributed by atoms with Crippen molar-refractivity contribution < 1.29 is 9.72 Å². The molecule has 2 N–H and O–H groups in total. The second-order valence-electron chi connectivity index (χ2n) is 6.99. The molecule has 0 atom stereocenters. The first-order chi connectivity index (χ1) is 14.9. The van der Waals surface area contributed by atoms with Gasteiger partial charge in [0.25, 0.3) is 5.69 Å². The summed E-state index contributed by atoms with van der Waals surface area (Å²) in [6.45, 7) is 3.40. The Labute approximate surface area is 180 Å². The summed E-state index contributed by atoms with van der Waals surface area (Å²) in [6, 6.07) is 12.3. The number of hydrogen-bond acceptors (Lipinski definition) is 7. The fraction of sp³-hybridized carbons (Fsp3) is 0.143. The molecule has 0 aliphatic carbocycles. The lowest BCUT2D eigenvalue weighted by molar-refractivity contribution is -0.384. The maximum absolute atomic E-state index is 11.6. The number of carbonyl (C=O) groups excluding carboxylic acids is 1. The van der Waals surface area contributed by atoms with Gasteiger partial charge < -0.3 is 9.97 Å². The second kappa shape index (κ2) is 8.04. The standard InChI is InChI=1S/C21H16N6O3S/c1-11(28)10-31-21-24-20(25-26-21)14-5-13(6-16(7-14)27(29)30)17-3-4-19-18(12(17)2)8-15(9-22)23-19/h3-8,23H,10H2,1-2H3,(H,24,25,26). The van der Waals surface area contributed by atoms with Gasteiger partial charge in [0.2, 0.25) is 0 Å². The summed E-state index contributed by atoms with van der Waals surface area (Å²) in [5.74, 6) is 0.647. The van der Waals surface area contributed by atoms with Gasteiger partial charge in [0.05, 0.1) is 10.7 Å². The van der Waals surface area contributed by atoms with Crippen LogP contribution >= 0.6 is 11.8 Å². The first-order valence-corrected chi connectivity index (χ1v) is 10.2.